The zero-order valence-corrected chi connectivity index (χ0v) is 19.1. The molecule has 1 aliphatic heterocycles. The summed E-state index contributed by atoms with van der Waals surface area (Å²) in [4.78, 5) is 24.8. The van der Waals surface area contributed by atoms with Gasteiger partial charge in [0.1, 0.15) is 5.75 Å². The van der Waals surface area contributed by atoms with Crippen LogP contribution >= 0.6 is 0 Å². The standard InChI is InChI=1S/C27H33NO5/c1-19-17-23(29)12-13-24(19)20-7-6-8-21(18-20)25(30)14-10-22-11-15-26(31)28(22)16-5-3-2-4-9-27(32)33/h6-8,10,12-14,17-18,22,25,29-30H,2-5,9,11,15-16H2,1H3,(H,32,33)/t22-,25?/m0/s1. The minimum atomic E-state index is -0.782. The first-order valence-corrected chi connectivity index (χ1v) is 11.6. The lowest BCUT2D eigenvalue weighted by Crippen LogP contribution is -2.32. The maximum atomic E-state index is 12.3. The number of carbonyl (C=O) groups excluding carboxylic acids is 1. The first-order valence-electron chi connectivity index (χ1n) is 11.6. The summed E-state index contributed by atoms with van der Waals surface area (Å²) >= 11 is 0. The maximum Gasteiger partial charge on any atom is 0.303 e. The number of benzene rings is 2. The smallest absolute Gasteiger partial charge is 0.303 e. The second-order valence-electron chi connectivity index (χ2n) is 8.71. The quantitative estimate of drug-likeness (QED) is 0.330. The van der Waals surface area contributed by atoms with Crippen LogP contribution in [0.5, 0.6) is 5.75 Å². The zero-order chi connectivity index (χ0) is 23.8. The van der Waals surface area contributed by atoms with Crippen LogP contribution in [0.2, 0.25) is 0 Å². The summed E-state index contributed by atoms with van der Waals surface area (Å²) in [7, 11) is 0. The monoisotopic (exact) mass is 451 g/mol. The Balaban J connectivity index is 1.59. The molecule has 2 aromatic rings. The molecule has 1 saturated heterocycles. The Labute approximate surface area is 195 Å². The Kier molecular flexibility index (Phi) is 8.66. The van der Waals surface area contributed by atoms with E-state index < -0.39 is 12.1 Å². The molecule has 2 aromatic carbocycles. The van der Waals surface area contributed by atoms with Crippen molar-refractivity contribution in [3.8, 4) is 16.9 Å². The number of aliphatic hydroxyl groups excluding tert-OH is 1. The molecule has 0 aliphatic carbocycles. The van der Waals surface area contributed by atoms with E-state index in [0.717, 1.165) is 47.9 Å². The molecule has 6 nitrogen and oxygen atoms in total. The number of hydrogen-bond donors (Lipinski definition) is 3. The average Bonchev–Trinajstić information content (AvgIpc) is 3.13. The van der Waals surface area contributed by atoms with E-state index in [-0.39, 0.29) is 24.1 Å². The molecule has 2 atom stereocenters. The molecule has 0 radical (unpaired) electrons. The van der Waals surface area contributed by atoms with E-state index in [1.807, 2.05) is 48.2 Å². The normalized spacial score (nSPS) is 17.1. The predicted molar refractivity (Wildman–Crippen MR) is 128 cm³/mol. The second-order valence-corrected chi connectivity index (χ2v) is 8.71. The number of aliphatic hydroxyl groups is 1. The number of phenolic OH excluding ortho intramolecular Hbond substituents is 1. The minimum Gasteiger partial charge on any atom is -0.508 e. The van der Waals surface area contributed by atoms with E-state index in [1.165, 1.54) is 0 Å². The third kappa shape index (κ3) is 6.93. The number of phenols is 1. The summed E-state index contributed by atoms with van der Waals surface area (Å²) in [6.07, 6.45) is 7.63. The predicted octanol–water partition coefficient (Wildman–Crippen LogP) is 4.98. The van der Waals surface area contributed by atoms with E-state index in [0.29, 0.717) is 19.4 Å². The van der Waals surface area contributed by atoms with Crippen molar-refractivity contribution >= 4 is 11.9 Å². The number of likely N-dealkylation sites (tertiary alicyclic amines) is 1. The van der Waals surface area contributed by atoms with Crippen molar-refractivity contribution in [2.45, 2.75) is 64.0 Å². The number of rotatable bonds is 11. The Morgan fingerprint density at radius 3 is 2.70 bits per heavy atom. The minimum absolute atomic E-state index is 0.0197. The largest absolute Gasteiger partial charge is 0.508 e. The molecule has 0 aromatic heterocycles. The van der Waals surface area contributed by atoms with Crippen LogP contribution in [0.4, 0.5) is 0 Å². The lowest BCUT2D eigenvalue weighted by Gasteiger charge is -2.22. The Bertz CT molecular complexity index is 1000. The van der Waals surface area contributed by atoms with Gasteiger partial charge in [0.2, 0.25) is 5.91 Å². The molecule has 176 valence electrons. The van der Waals surface area contributed by atoms with Crippen molar-refractivity contribution in [3.05, 3.63) is 65.7 Å². The first-order chi connectivity index (χ1) is 15.8. The van der Waals surface area contributed by atoms with E-state index in [4.69, 9.17) is 5.11 Å². The fourth-order valence-corrected chi connectivity index (χ4v) is 4.36. The van der Waals surface area contributed by atoms with Crippen LogP contribution in [0.15, 0.2) is 54.6 Å². The number of unbranched alkanes of at least 4 members (excludes halogenated alkanes) is 3. The average molecular weight is 452 g/mol. The number of carboxylic acids is 1. The van der Waals surface area contributed by atoms with Gasteiger partial charge < -0.3 is 20.2 Å². The topological polar surface area (TPSA) is 98.1 Å². The van der Waals surface area contributed by atoms with Gasteiger partial charge in [0.05, 0.1) is 12.1 Å². The molecule has 0 bridgehead atoms. The van der Waals surface area contributed by atoms with Crippen molar-refractivity contribution in [2.24, 2.45) is 0 Å². The summed E-state index contributed by atoms with van der Waals surface area (Å²) in [5, 5.41) is 29.1. The van der Waals surface area contributed by atoms with Gasteiger partial charge in [-0.3, -0.25) is 9.59 Å². The SMILES string of the molecule is Cc1cc(O)ccc1-c1cccc(C(O)C=C[C@H]2CCC(=O)N2CCCCCCC(=O)O)c1. The molecule has 3 rings (SSSR count). The molecule has 0 saturated carbocycles. The van der Waals surface area contributed by atoms with E-state index >= 15 is 0 Å². The lowest BCUT2D eigenvalue weighted by molar-refractivity contribution is -0.137. The number of nitrogens with zero attached hydrogens (tertiary/aromatic N) is 1. The van der Waals surface area contributed by atoms with Crippen molar-refractivity contribution in [3.63, 3.8) is 0 Å². The van der Waals surface area contributed by atoms with Crippen LogP contribution in [0.25, 0.3) is 11.1 Å². The van der Waals surface area contributed by atoms with Crippen LogP contribution in [0.3, 0.4) is 0 Å². The van der Waals surface area contributed by atoms with E-state index in [9.17, 15) is 19.8 Å². The van der Waals surface area contributed by atoms with Crippen LogP contribution in [0.1, 0.15) is 62.2 Å². The molecule has 3 N–H and O–H groups in total. The molecule has 6 heteroatoms. The highest BCUT2D eigenvalue weighted by atomic mass is 16.4. The second kappa shape index (κ2) is 11.7. The maximum absolute atomic E-state index is 12.3. The number of carboxylic acid groups (broad SMARTS) is 1. The van der Waals surface area contributed by atoms with Gasteiger partial charge in [0.15, 0.2) is 0 Å². The first kappa shape index (κ1) is 24.5. The highest BCUT2D eigenvalue weighted by Crippen LogP contribution is 2.29. The Hall–Kier alpha value is -3.12. The van der Waals surface area contributed by atoms with Gasteiger partial charge in [0.25, 0.3) is 0 Å². The number of aliphatic carboxylic acids is 1. The van der Waals surface area contributed by atoms with Gasteiger partial charge in [-0.15, -0.1) is 0 Å². The number of aromatic hydroxyl groups is 1. The van der Waals surface area contributed by atoms with Crippen LogP contribution in [-0.4, -0.2) is 44.7 Å². The third-order valence-corrected chi connectivity index (χ3v) is 6.18. The molecule has 0 spiro atoms. The van der Waals surface area contributed by atoms with Gasteiger partial charge in [-0.1, -0.05) is 49.3 Å². The number of carbonyl (C=O) groups is 2. The van der Waals surface area contributed by atoms with Gasteiger partial charge in [-0.05, 0) is 66.6 Å². The highest BCUT2D eigenvalue weighted by Gasteiger charge is 2.28. The van der Waals surface area contributed by atoms with Gasteiger partial charge in [0, 0.05) is 19.4 Å². The molecule has 1 unspecified atom stereocenters. The van der Waals surface area contributed by atoms with Gasteiger partial charge >= 0.3 is 5.97 Å². The van der Waals surface area contributed by atoms with Crippen molar-refractivity contribution in [1.82, 2.24) is 4.90 Å². The summed E-state index contributed by atoms with van der Waals surface area (Å²) in [5.74, 6) is -0.405. The lowest BCUT2D eigenvalue weighted by atomic mass is 9.97. The number of hydrogen-bond acceptors (Lipinski definition) is 4. The molecule has 1 heterocycles. The summed E-state index contributed by atoms with van der Waals surface area (Å²) in [5.41, 5.74) is 3.70. The highest BCUT2D eigenvalue weighted by molar-refractivity contribution is 5.79. The fourth-order valence-electron chi connectivity index (χ4n) is 4.36. The van der Waals surface area contributed by atoms with Crippen LogP contribution in [-0.2, 0) is 9.59 Å². The van der Waals surface area contributed by atoms with Crippen molar-refractivity contribution in [2.75, 3.05) is 6.54 Å². The summed E-state index contributed by atoms with van der Waals surface area (Å²) in [6.45, 7) is 2.60. The summed E-state index contributed by atoms with van der Waals surface area (Å²) in [6, 6.07) is 12.9. The molecular weight excluding hydrogens is 418 g/mol. The van der Waals surface area contributed by atoms with Gasteiger partial charge in [-0.25, -0.2) is 0 Å². The van der Waals surface area contributed by atoms with Gasteiger partial charge in [-0.2, -0.15) is 0 Å². The summed E-state index contributed by atoms with van der Waals surface area (Å²) < 4.78 is 0. The fraction of sp³-hybridized carbons (Fsp3) is 0.407. The zero-order valence-electron chi connectivity index (χ0n) is 19.1. The van der Waals surface area contributed by atoms with Crippen molar-refractivity contribution < 1.29 is 24.9 Å². The Morgan fingerprint density at radius 1 is 1.15 bits per heavy atom. The third-order valence-electron chi connectivity index (χ3n) is 6.18. The molecule has 1 amide bonds. The van der Waals surface area contributed by atoms with E-state index in [1.54, 1.807) is 18.2 Å². The van der Waals surface area contributed by atoms with E-state index in [2.05, 4.69) is 0 Å². The van der Waals surface area contributed by atoms with Crippen molar-refractivity contribution in [1.29, 1.82) is 0 Å². The number of aryl methyl sites for hydroxylation is 1. The molecular formula is C27H33NO5. The number of amides is 1. The molecule has 1 aliphatic rings. The Morgan fingerprint density at radius 2 is 1.94 bits per heavy atom. The van der Waals surface area contributed by atoms with Crippen LogP contribution in [0, 0.1) is 6.92 Å². The molecule has 1 fully saturated rings. The molecule has 33 heavy (non-hydrogen) atoms. The van der Waals surface area contributed by atoms with Crippen LogP contribution < -0.4 is 0 Å².